The van der Waals surface area contributed by atoms with E-state index in [0.29, 0.717) is 19.8 Å². The lowest BCUT2D eigenvalue weighted by molar-refractivity contribution is 0.0392. The molecule has 0 saturated carbocycles. The fraction of sp³-hybridized carbons (Fsp3) is 0.625. The summed E-state index contributed by atoms with van der Waals surface area (Å²) in [7, 11) is 0. The molecule has 0 fully saturated rings. The van der Waals surface area contributed by atoms with Crippen LogP contribution in [0.3, 0.4) is 0 Å². The molecule has 1 atom stereocenters. The van der Waals surface area contributed by atoms with Crippen molar-refractivity contribution in [3.8, 4) is 0 Å². The molecule has 19 heavy (non-hydrogen) atoms. The van der Waals surface area contributed by atoms with Gasteiger partial charge in [0.05, 0.1) is 25.9 Å². The Morgan fingerprint density at radius 2 is 1.79 bits per heavy atom. The van der Waals surface area contributed by atoms with Crippen LogP contribution in [0.1, 0.15) is 37.4 Å². The van der Waals surface area contributed by atoms with Gasteiger partial charge in [-0.15, -0.1) is 0 Å². The molecule has 3 heteroatoms. The van der Waals surface area contributed by atoms with Crippen molar-refractivity contribution < 1.29 is 9.47 Å². The van der Waals surface area contributed by atoms with Gasteiger partial charge in [0.25, 0.3) is 0 Å². The third-order valence-electron chi connectivity index (χ3n) is 3.02. The number of hydrogen-bond acceptors (Lipinski definition) is 3. The highest BCUT2D eigenvalue weighted by Crippen LogP contribution is 2.17. The quantitative estimate of drug-likeness (QED) is 0.659. The number of rotatable bonds is 10. The highest BCUT2D eigenvalue weighted by molar-refractivity contribution is 5.28. The van der Waals surface area contributed by atoms with E-state index in [0.717, 1.165) is 19.6 Å². The molecule has 1 aromatic carbocycles. The van der Waals surface area contributed by atoms with Crippen LogP contribution in [0.5, 0.6) is 0 Å². The SMILES string of the molecule is CCCOCCOCC(NCC)c1ccccc1C. The van der Waals surface area contributed by atoms with Gasteiger partial charge in [0.2, 0.25) is 0 Å². The zero-order valence-electron chi connectivity index (χ0n) is 12.4. The molecule has 1 unspecified atom stereocenters. The molecule has 0 aromatic heterocycles. The van der Waals surface area contributed by atoms with E-state index >= 15 is 0 Å². The molecular formula is C16H27NO2. The molecule has 0 radical (unpaired) electrons. The van der Waals surface area contributed by atoms with E-state index in [1.54, 1.807) is 0 Å². The Morgan fingerprint density at radius 3 is 2.47 bits per heavy atom. The topological polar surface area (TPSA) is 30.5 Å². The van der Waals surface area contributed by atoms with Gasteiger partial charge in [0, 0.05) is 6.61 Å². The fourth-order valence-electron chi connectivity index (χ4n) is 2.05. The zero-order valence-corrected chi connectivity index (χ0v) is 12.4. The molecule has 1 N–H and O–H groups in total. The third-order valence-corrected chi connectivity index (χ3v) is 3.02. The summed E-state index contributed by atoms with van der Waals surface area (Å²) in [4.78, 5) is 0. The van der Waals surface area contributed by atoms with Crippen molar-refractivity contribution in [1.82, 2.24) is 5.32 Å². The van der Waals surface area contributed by atoms with Crippen LogP contribution in [0, 0.1) is 6.92 Å². The summed E-state index contributed by atoms with van der Waals surface area (Å²) in [5.41, 5.74) is 2.62. The minimum atomic E-state index is 0.261. The van der Waals surface area contributed by atoms with E-state index in [1.807, 2.05) is 0 Å². The van der Waals surface area contributed by atoms with Gasteiger partial charge in [-0.3, -0.25) is 0 Å². The Bertz CT molecular complexity index is 341. The predicted molar refractivity (Wildman–Crippen MR) is 79.5 cm³/mol. The van der Waals surface area contributed by atoms with Crippen molar-refractivity contribution >= 4 is 0 Å². The first kappa shape index (κ1) is 16.2. The summed E-state index contributed by atoms with van der Waals surface area (Å²) in [6, 6.07) is 8.72. The summed E-state index contributed by atoms with van der Waals surface area (Å²) < 4.78 is 11.1. The van der Waals surface area contributed by atoms with E-state index in [9.17, 15) is 0 Å². The maximum absolute atomic E-state index is 5.72. The summed E-state index contributed by atoms with van der Waals surface area (Å²) in [6.07, 6.45) is 1.06. The Labute approximate surface area is 117 Å². The standard InChI is InChI=1S/C16H27NO2/c1-4-10-18-11-12-19-13-16(17-5-2)15-9-7-6-8-14(15)3/h6-9,16-17H,4-5,10-13H2,1-3H3. The van der Waals surface area contributed by atoms with Crippen LogP contribution >= 0.6 is 0 Å². The monoisotopic (exact) mass is 265 g/mol. The number of aryl methyl sites for hydroxylation is 1. The molecule has 3 nitrogen and oxygen atoms in total. The average molecular weight is 265 g/mol. The highest BCUT2D eigenvalue weighted by atomic mass is 16.5. The first-order valence-corrected chi connectivity index (χ1v) is 7.24. The van der Waals surface area contributed by atoms with Crippen LogP contribution < -0.4 is 5.32 Å². The smallest absolute Gasteiger partial charge is 0.0701 e. The Kier molecular flexibility index (Phi) is 8.47. The van der Waals surface area contributed by atoms with Gasteiger partial charge < -0.3 is 14.8 Å². The second-order valence-corrected chi connectivity index (χ2v) is 4.65. The number of ether oxygens (including phenoxy) is 2. The van der Waals surface area contributed by atoms with Gasteiger partial charge in [-0.05, 0) is 31.0 Å². The molecule has 0 amide bonds. The van der Waals surface area contributed by atoms with Gasteiger partial charge in [0.1, 0.15) is 0 Å². The zero-order chi connectivity index (χ0) is 13.9. The van der Waals surface area contributed by atoms with E-state index in [4.69, 9.17) is 9.47 Å². The van der Waals surface area contributed by atoms with Gasteiger partial charge in [0.15, 0.2) is 0 Å². The fourth-order valence-corrected chi connectivity index (χ4v) is 2.05. The number of benzene rings is 1. The maximum atomic E-state index is 5.72. The molecule has 1 rings (SSSR count). The lowest BCUT2D eigenvalue weighted by Gasteiger charge is -2.20. The lowest BCUT2D eigenvalue weighted by atomic mass is 10.0. The molecule has 0 bridgehead atoms. The Balaban J connectivity index is 2.39. The van der Waals surface area contributed by atoms with Gasteiger partial charge in [-0.2, -0.15) is 0 Å². The van der Waals surface area contributed by atoms with E-state index in [2.05, 4.69) is 50.4 Å². The van der Waals surface area contributed by atoms with Crippen LogP contribution in [0.2, 0.25) is 0 Å². The number of hydrogen-bond donors (Lipinski definition) is 1. The first-order valence-electron chi connectivity index (χ1n) is 7.24. The Morgan fingerprint density at radius 1 is 1.05 bits per heavy atom. The molecule has 0 saturated heterocycles. The maximum Gasteiger partial charge on any atom is 0.0701 e. The van der Waals surface area contributed by atoms with E-state index in [-0.39, 0.29) is 6.04 Å². The molecular weight excluding hydrogens is 238 g/mol. The van der Waals surface area contributed by atoms with Crippen LogP contribution in [0.4, 0.5) is 0 Å². The third kappa shape index (κ3) is 6.19. The lowest BCUT2D eigenvalue weighted by Crippen LogP contribution is -2.26. The first-order chi connectivity index (χ1) is 9.29. The molecule has 1 aromatic rings. The van der Waals surface area contributed by atoms with Gasteiger partial charge in [-0.1, -0.05) is 38.1 Å². The predicted octanol–water partition coefficient (Wildman–Crippen LogP) is 3.09. The van der Waals surface area contributed by atoms with Crippen molar-refractivity contribution in [2.45, 2.75) is 33.2 Å². The van der Waals surface area contributed by atoms with Crippen molar-refractivity contribution in [1.29, 1.82) is 0 Å². The normalized spacial score (nSPS) is 12.6. The molecule has 0 spiro atoms. The second-order valence-electron chi connectivity index (χ2n) is 4.65. The second kappa shape index (κ2) is 9.96. The largest absolute Gasteiger partial charge is 0.379 e. The van der Waals surface area contributed by atoms with E-state index < -0.39 is 0 Å². The van der Waals surface area contributed by atoms with Crippen LogP contribution in [0.15, 0.2) is 24.3 Å². The summed E-state index contributed by atoms with van der Waals surface area (Å²) in [5.74, 6) is 0. The van der Waals surface area contributed by atoms with Crippen LogP contribution in [0.25, 0.3) is 0 Å². The van der Waals surface area contributed by atoms with E-state index in [1.165, 1.54) is 11.1 Å². The minimum absolute atomic E-state index is 0.261. The molecule has 0 aliphatic rings. The van der Waals surface area contributed by atoms with Crippen LogP contribution in [-0.2, 0) is 9.47 Å². The van der Waals surface area contributed by atoms with Gasteiger partial charge >= 0.3 is 0 Å². The number of nitrogens with one attached hydrogen (secondary N) is 1. The minimum Gasteiger partial charge on any atom is -0.379 e. The van der Waals surface area contributed by atoms with Crippen molar-refractivity contribution in [3.05, 3.63) is 35.4 Å². The average Bonchev–Trinajstić information content (AvgIpc) is 2.42. The van der Waals surface area contributed by atoms with Crippen molar-refractivity contribution in [2.24, 2.45) is 0 Å². The summed E-state index contributed by atoms with van der Waals surface area (Å²) in [5, 5.41) is 3.48. The molecule has 108 valence electrons. The molecule has 0 aliphatic carbocycles. The Hall–Kier alpha value is -0.900. The number of likely N-dealkylation sites (N-methyl/N-ethyl adjacent to an activating group) is 1. The van der Waals surface area contributed by atoms with Crippen molar-refractivity contribution in [3.63, 3.8) is 0 Å². The van der Waals surface area contributed by atoms with Gasteiger partial charge in [-0.25, -0.2) is 0 Å². The molecule has 0 heterocycles. The van der Waals surface area contributed by atoms with Crippen LogP contribution in [-0.4, -0.2) is 33.0 Å². The molecule has 0 aliphatic heterocycles. The summed E-state index contributed by atoms with van der Waals surface area (Å²) >= 11 is 0. The highest BCUT2D eigenvalue weighted by Gasteiger charge is 2.12. The summed E-state index contributed by atoms with van der Waals surface area (Å²) in [6.45, 7) is 10.2. The van der Waals surface area contributed by atoms with Crippen molar-refractivity contribution in [2.75, 3.05) is 33.0 Å².